The predicted octanol–water partition coefficient (Wildman–Crippen LogP) is 4.85. The molecule has 0 saturated carbocycles. The van der Waals surface area contributed by atoms with E-state index in [0.29, 0.717) is 5.56 Å². The fourth-order valence-corrected chi connectivity index (χ4v) is 4.82. The maximum absolute atomic E-state index is 13.7. The predicted molar refractivity (Wildman–Crippen MR) is 134 cm³/mol. The van der Waals surface area contributed by atoms with Crippen LogP contribution in [0.5, 0.6) is 5.75 Å². The average molecular weight is 502 g/mol. The molecule has 4 rings (SSSR count). The molecule has 0 N–H and O–H groups in total. The summed E-state index contributed by atoms with van der Waals surface area (Å²) in [5, 5.41) is 0. The van der Waals surface area contributed by atoms with E-state index in [-0.39, 0.29) is 27.8 Å². The van der Waals surface area contributed by atoms with Crippen LogP contribution in [0, 0.1) is 0 Å². The highest BCUT2D eigenvalue weighted by atomic mass is 32.2. The van der Waals surface area contributed by atoms with Crippen LogP contribution in [-0.2, 0) is 10.0 Å². The number of anilines is 1. The lowest BCUT2D eigenvalue weighted by Crippen LogP contribution is -2.37. The third-order valence-corrected chi connectivity index (χ3v) is 7.12. The Kier molecular flexibility index (Phi) is 7.21. The number of carbonyl (C=O) groups excluding carboxylic acids is 2. The second kappa shape index (κ2) is 10.5. The maximum atomic E-state index is 13.7. The van der Waals surface area contributed by atoms with Gasteiger partial charge in [0.05, 0.1) is 16.1 Å². The number of nitrogens with zero attached hydrogens (tertiary/aromatic N) is 3. The number of aromatic nitrogens is 2. The van der Waals surface area contributed by atoms with E-state index in [1.807, 2.05) is 13.8 Å². The molecule has 8 nitrogen and oxygen atoms in total. The highest BCUT2D eigenvalue weighted by Crippen LogP contribution is 2.29. The third kappa shape index (κ3) is 5.31. The van der Waals surface area contributed by atoms with Crippen LogP contribution in [-0.4, -0.2) is 30.3 Å². The van der Waals surface area contributed by atoms with Gasteiger partial charge >= 0.3 is 5.97 Å². The normalized spacial score (nSPS) is 11.2. The number of ether oxygens (including phenoxy) is 1. The molecule has 0 aliphatic rings. The fourth-order valence-electron chi connectivity index (χ4n) is 3.41. The van der Waals surface area contributed by atoms with Gasteiger partial charge < -0.3 is 4.74 Å². The first-order chi connectivity index (χ1) is 17.3. The van der Waals surface area contributed by atoms with Crippen molar-refractivity contribution in [2.75, 3.05) is 4.31 Å². The number of carbonyl (C=O) groups is 2. The Hall–Kier alpha value is -4.37. The molecule has 36 heavy (non-hydrogen) atoms. The van der Waals surface area contributed by atoms with E-state index in [1.54, 1.807) is 12.1 Å². The Bertz CT molecular complexity index is 1460. The Labute approximate surface area is 209 Å². The zero-order chi connectivity index (χ0) is 25.7. The standard InChI is InChI=1S/C27H23N3O5S/c1-19(2)20-3-9-25(10-4-20)36(33,34)30(26(31)21-11-15-28-16-12-21)23-5-7-24(8-6-23)35-27(32)22-13-17-29-18-14-22/h3-19H,1-2H3. The van der Waals surface area contributed by atoms with Gasteiger partial charge in [-0.15, -0.1) is 0 Å². The van der Waals surface area contributed by atoms with Crippen molar-refractivity contribution in [2.45, 2.75) is 24.7 Å². The van der Waals surface area contributed by atoms with Crippen LogP contribution in [0.25, 0.3) is 0 Å². The molecule has 0 radical (unpaired) electrons. The molecule has 2 aromatic heterocycles. The molecule has 0 fully saturated rings. The Morgan fingerprint density at radius 2 is 1.28 bits per heavy atom. The van der Waals surface area contributed by atoms with Gasteiger partial charge in [0.25, 0.3) is 15.9 Å². The summed E-state index contributed by atoms with van der Waals surface area (Å²) in [5.74, 6) is -0.922. The van der Waals surface area contributed by atoms with Gasteiger partial charge in [-0.25, -0.2) is 13.2 Å². The number of pyridine rings is 2. The van der Waals surface area contributed by atoms with Gasteiger partial charge in [0.1, 0.15) is 5.75 Å². The fraction of sp³-hybridized carbons (Fsp3) is 0.111. The van der Waals surface area contributed by atoms with Crippen LogP contribution < -0.4 is 9.04 Å². The van der Waals surface area contributed by atoms with Crippen LogP contribution in [0.1, 0.15) is 46.0 Å². The van der Waals surface area contributed by atoms with Crippen molar-refractivity contribution in [3.8, 4) is 5.75 Å². The summed E-state index contributed by atoms with van der Waals surface area (Å²) in [6, 6.07) is 18.0. The van der Waals surface area contributed by atoms with Gasteiger partial charge in [-0.05, 0) is 72.1 Å². The van der Waals surface area contributed by atoms with Crippen molar-refractivity contribution in [2.24, 2.45) is 0 Å². The molecule has 2 aromatic carbocycles. The summed E-state index contributed by atoms with van der Waals surface area (Å²) < 4.78 is 33.4. The van der Waals surface area contributed by atoms with Crippen molar-refractivity contribution in [1.29, 1.82) is 0 Å². The van der Waals surface area contributed by atoms with Gasteiger partial charge in [-0.3, -0.25) is 14.8 Å². The lowest BCUT2D eigenvalue weighted by molar-refractivity contribution is 0.0734. The summed E-state index contributed by atoms with van der Waals surface area (Å²) in [6.45, 7) is 4.01. The van der Waals surface area contributed by atoms with E-state index >= 15 is 0 Å². The minimum Gasteiger partial charge on any atom is -0.423 e. The summed E-state index contributed by atoms with van der Waals surface area (Å²) in [4.78, 5) is 33.5. The minimum absolute atomic E-state index is 0.0255. The van der Waals surface area contributed by atoms with Crippen molar-refractivity contribution >= 4 is 27.6 Å². The first kappa shape index (κ1) is 24.7. The van der Waals surface area contributed by atoms with Crippen molar-refractivity contribution < 1.29 is 22.7 Å². The van der Waals surface area contributed by atoms with Crippen LogP contribution >= 0.6 is 0 Å². The van der Waals surface area contributed by atoms with Crippen LogP contribution in [0.15, 0.2) is 102 Å². The molecule has 182 valence electrons. The summed E-state index contributed by atoms with van der Waals surface area (Å²) in [7, 11) is -4.27. The zero-order valence-electron chi connectivity index (χ0n) is 19.6. The topological polar surface area (TPSA) is 107 Å². The smallest absolute Gasteiger partial charge is 0.343 e. The quantitative estimate of drug-likeness (QED) is 0.263. The number of esters is 1. The molecule has 0 atom stereocenters. The number of hydrogen-bond acceptors (Lipinski definition) is 7. The largest absolute Gasteiger partial charge is 0.423 e. The molecule has 1 amide bonds. The van der Waals surface area contributed by atoms with E-state index in [4.69, 9.17) is 4.74 Å². The zero-order valence-corrected chi connectivity index (χ0v) is 20.4. The van der Waals surface area contributed by atoms with E-state index < -0.39 is 21.9 Å². The van der Waals surface area contributed by atoms with Crippen LogP contribution in [0.2, 0.25) is 0 Å². The van der Waals surface area contributed by atoms with Gasteiger partial charge in [-0.1, -0.05) is 26.0 Å². The molecule has 2 heterocycles. The number of benzene rings is 2. The van der Waals surface area contributed by atoms with Crippen LogP contribution in [0.4, 0.5) is 5.69 Å². The van der Waals surface area contributed by atoms with E-state index in [2.05, 4.69) is 9.97 Å². The molecule has 4 aromatic rings. The number of sulfonamides is 1. The van der Waals surface area contributed by atoms with E-state index in [9.17, 15) is 18.0 Å². The molecule has 0 bridgehead atoms. The van der Waals surface area contributed by atoms with Gasteiger partial charge in [-0.2, -0.15) is 4.31 Å². The second-order valence-corrected chi connectivity index (χ2v) is 9.94. The number of hydrogen-bond donors (Lipinski definition) is 0. The van der Waals surface area contributed by atoms with Crippen molar-refractivity contribution in [1.82, 2.24) is 9.97 Å². The summed E-state index contributed by atoms with van der Waals surface area (Å²) in [6.07, 6.45) is 5.77. The maximum Gasteiger partial charge on any atom is 0.343 e. The molecule has 0 aliphatic heterocycles. The number of amides is 1. The van der Waals surface area contributed by atoms with Gasteiger partial charge in [0.2, 0.25) is 0 Å². The molecule has 0 aliphatic carbocycles. The minimum atomic E-state index is -4.27. The van der Waals surface area contributed by atoms with Crippen molar-refractivity contribution in [3.05, 3.63) is 114 Å². The second-order valence-electron chi connectivity index (χ2n) is 8.15. The Balaban J connectivity index is 1.69. The number of rotatable bonds is 7. The molecule has 9 heteroatoms. The Morgan fingerprint density at radius 3 is 1.81 bits per heavy atom. The molecular formula is C27H23N3O5S. The molecule has 0 spiro atoms. The monoisotopic (exact) mass is 501 g/mol. The summed E-state index contributed by atoms with van der Waals surface area (Å²) in [5.41, 5.74) is 1.53. The highest BCUT2D eigenvalue weighted by molar-refractivity contribution is 7.93. The Morgan fingerprint density at radius 1 is 0.750 bits per heavy atom. The van der Waals surface area contributed by atoms with Gasteiger partial charge in [0.15, 0.2) is 0 Å². The first-order valence-electron chi connectivity index (χ1n) is 11.1. The van der Waals surface area contributed by atoms with E-state index in [1.165, 1.54) is 85.5 Å². The summed E-state index contributed by atoms with van der Waals surface area (Å²) >= 11 is 0. The lowest BCUT2D eigenvalue weighted by Gasteiger charge is -2.23. The highest BCUT2D eigenvalue weighted by Gasteiger charge is 2.32. The molecule has 0 saturated heterocycles. The molecule has 0 unspecified atom stereocenters. The van der Waals surface area contributed by atoms with Crippen LogP contribution in [0.3, 0.4) is 0 Å². The van der Waals surface area contributed by atoms with Crippen molar-refractivity contribution in [3.63, 3.8) is 0 Å². The lowest BCUT2D eigenvalue weighted by atomic mass is 10.0. The average Bonchev–Trinajstić information content (AvgIpc) is 2.90. The SMILES string of the molecule is CC(C)c1ccc(S(=O)(=O)N(C(=O)c2ccncc2)c2ccc(OC(=O)c3ccncc3)cc2)cc1. The first-order valence-corrected chi connectivity index (χ1v) is 12.5. The molecular weight excluding hydrogens is 478 g/mol. The van der Waals surface area contributed by atoms with E-state index in [0.717, 1.165) is 9.87 Å². The third-order valence-electron chi connectivity index (χ3n) is 5.39. The van der Waals surface area contributed by atoms with Gasteiger partial charge in [0, 0.05) is 30.4 Å².